The number of para-hydroxylation sites is 1. The Kier molecular flexibility index (Phi) is 4.22. The van der Waals surface area contributed by atoms with E-state index in [-0.39, 0.29) is 6.04 Å². The molecule has 3 aromatic rings. The number of hydrogen-bond donors (Lipinski definition) is 1. The maximum Gasteiger partial charge on any atom is 0.0753 e. The first-order chi connectivity index (χ1) is 10.2. The molecular weight excluding hydrogens is 371 g/mol. The van der Waals surface area contributed by atoms with Gasteiger partial charge >= 0.3 is 0 Å². The molecule has 21 heavy (non-hydrogen) atoms. The molecule has 1 aromatic heterocycles. The van der Waals surface area contributed by atoms with Crippen LogP contribution in [0.5, 0.6) is 0 Å². The van der Waals surface area contributed by atoms with Crippen molar-refractivity contribution in [3.63, 3.8) is 0 Å². The molecule has 3 heteroatoms. The summed E-state index contributed by atoms with van der Waals surface area (Å²) in [4.78, 5) is 4.59. The molecule has 0 aliphatic rings. The predicted molar refractivity (Wildman–Crippen MR) is 96.5 cm³/mol. The first-order valence-electron chi connectivity index (χ1n) is 6.98. The normalized spacial score (nSPS) is 12.5. The van der Waals surface area contributed by atoms with Crippen LogP contribution in [0, 0.1) is 10.5 Å². The molecule has 1 heterocycles. The molecule has 1 N–H and O–H groups in total. The number of hydrogen-bond acceptors (Lipinski definition) is 2. The van der Waals surface area contributed by atoms with Crippen molar-refractivity contribution in [2.75, 3.05) is 7.05 Å². The van der Waals surface area contributed by atoms with Crippen LogP contribution in [-0.2, 0) is 0 Å². The van der Waals surface area contributed by atoms with Gasteiger partial charge in [-0.05, 0) is 59.3 Å². The molecule has 0 amide bonds. The Bertz CT molecular complexity index is 778. The zero-order valence-corrected chi connectivity index (χ0v) is 14.3. The minimum absolute atomic E-state index is 0.149. The Morgan fingerprint density at radius 2 is 1.71 bits per heavy atom. The number of benzene rings is 2. The third-order valence-electron chi connectivity index (χ3n) is 3.80. The van der Waals surface area contributed by atoms with Crippen molar-refractivity contribution in [1.29, 1.82) is 0 Å². The van der Waals surface area contributed by atoms with Crippen LogP contribution < -0.4 is 5.32 Å². The maximum atomic E-state index is 4.59. The number of halogens is 1. The molecule has 0 fully saturated rings. The van der Waals surface area contributed by atoms with Crippen molar-refractivity contribution in [1.82, 2.24) is 10.3 Å². The fourth-order valence-corrected chi connectivity index (χ4v) is 3.40. The summed E-state index contributed by atoms with van der Waals surface area (Å²) in [6.45, 7) is 2.15. The number of aromatic nitrogens is 1. The first kappa shape index (κ1) is 14.5. The topological polar surface area (TPSA) is 24.9 Å². The summed E-state index contributed by atoms with van der Waals surface area (Å²) in [6.07, 6.45) is 1.86. The van der Waals surface area contributed by atoms with Crippen molar-refractivity contribution in [2.45, 2.75) is 13.0 Å². The molecule has 1 unspecified atom stereocenters. The van der Waals surface area contributed by atoms with Gasteiger partial charge in [0.15, 0.2) is 0 Å². The maximum absolute atomic E-state index is 4.59. The van der Waals surface area contributed by atoms with E-state index < -0.39 is 0 Å². The van der Waals surface area contributed by atoms with Crippen LogP contribution in [0.1, 0.15) is 22.7 Å². The van der Waals surface area contributed by atoms with Gasteiger partial charge in [-0.15, -0.1) is 0 Å². The van der Waals surface area contributed by atoms with Gasteiger partial charge in [-0.1, -0.05) is 42.5 Å². The molecule has 1 atom stereocenters. The summed E-state index contributed by atoms with van der Waals surface area (Å²) in [5, 5.41) is 4.63. The number of pyridine rings is 1. The van der Waals surface area contributed by atoms with Crippen molar-refractivity contribution in [3.8, 4) is 0 Å². The minimum atomic E-state index is 0.149. The summed E-state index contributed by atoms with van der Waals surface area (Å²) in [5.41, 5.74) is 4.90. The van der Waals surface area contributed by atoms with Crippen molar-refractivity contribution < 1.29 is 0 Å². The summed E-state index contributed by atoms with van der Waals surface area (Å²) < 4.78 is 1.31. The summed E-state index contributed by atoms with van der Waals surface area (Å²) in [6, 6.07) is 17.1. The zero-order chi connectivity index (χ0) is 14.8. The summed E-state index contributed by atoms with van der Waals surface area (Å²) >= 11 is 2.43. The predicted octanol–water partition coefficient (Wildman–Crippen LogP) is 4.46. The Morgan fingerprint density at radius 3 is 2.52 bits per heavy atom. The van der Waals surface area contributed by atoms with Crippen molar-refractivity contribution in [2.24, 2.45) is 0 Å². The highest BCUT2D eigenvalue weighted by Gasteiger charge is 2.18. The second-order valence-electron chi connectivity index (χ2n) is 5.12. The van der Waals surface area contributed by atoms with Crippen molar-refractivity contribution >= 4 is 33.5 Å². The molecule has 0 aliphatic heterocycles. The second-order valence-corrected chi connectivity index (χ2v) is 6.20. The van der Waals surface area contributed by atoms with Gasteiger partial charge in [0, 0.05) is 15.2 Å². The van der Waals surface area contributed by atoms with Crippen LogP contribution in [0.25, 0.3) is 10.9 Å². The van der Waals surface area contributed by atoms with Gasteiger partial charge < -0.3 is 5.32 Å². The second kappa shape index (κ2) is 6.12. The number of fused-ring (bicyclic) bond motifs is 1. The van der Waals surface area contributed by atoms with Crippen LogP contribution in [0.2, 0.25) is 0 Å². The molecular formula is C18H17IN2. The van der Waals surface area contributed by atoms with Gasteiger partial charge in [0.25, 0.3) is 0 Å². The highest BCUT2D eigenvalue weighted by molar-refractivity contribution is 14.1. The third-order valence-corrected chi connectivity index (χ3v) is 5.27. The number of nitrogens with zero attached hydrogens (tertiary/aromatic N) is 1. The average Bonchev–Trinajstić information content (AvgIpc) is 2.52. The molecule has 3 rings (SSSR count). The van der Waals surface area contributed by atoms with E-state index in [1.165, 1.54) is 25.6 Å². The van der Waals surface area contributed by atoms with Gasteiger partial charge in [-0.2, -0.15) is 0 Å². The summed E-state index contributed by atoms with van der Waals surface area (Å²) in [7, 11) is 2.00. The van der Waals surface area contributed by atoms with E-state index in [0.29, 0.717) is 0 Å². The number of rotatable bonds is 3. The van der Waals surface area contributed by atoms with Crippen LogP contribution in [0.3, 0.4) is 0 Å². The number of nitrogens with one attached hydrogen (secondary N) is 1. The Hall–Kier alpha value is -1.46. The molecule has 0 spiro atoms. The molecule has 106 valence electrons. The van der Waals surface area contributed by atoms with E-state index in [0.717, 1.165) is 5.52 Å². The van der Waals surface area contributed by atoms with Gasteiger partial charge in [0.05, 0.1) is 11.6 Å². The number of aryl methyl sites for hydroxylation is 1. The van der Waals surface area contributed by atoms with Crippen molar-refractivity contribution in [3.05, 3.63) is 75.0 Å². The minimum Gasteiger partial charge on any atom is -0.309 e. The monoisotopic (exact) mass is 388 g/mol. The van der Waals surface area contributed by atoms with E-state index >= 15 is 0 Å². The van der Waals surface area contributed by atoms with Crippen LogP contribution in [0.4, 0.5) is 0 Å². The fourth-order valence-electron chi connectivity index (χ4n) is 2.73. The van der Waals surface area contributed by atoms with E-state index in [2.05, 4.69) is 82.3 Å². The Balaban J connectivity index is 2.21. The van der Waals surface area contributed by atoms with E-state index in [1.807, 2.05) is 19.3 Å². The molecule has 2 aromatic carbocycles. The largest absolute Gasteiger partial charge is 0.309 e. The third kappa shape index (κ3) is 2.68. The highest BCUT2D eigenvalue weighted by atomic mass is 127. The van der Waals surface area contributed by atoms with Crippen LogP contribution in [0.15, 0.2) is 54.7 Å². The van der Waals surface area contributed by atoms with E-state index in [1.54, 1.807) is 0 Å². The Morgan fingerprint density at radius 1 is 1.00 bits per heavy atom. The van der Waals surface area contributed by atoms with Gasteiger partial charge in [0.1, 0.15) is 0 Å². The SMILES string of the molecule is CNC(c1cccc(C)c1I)c1cccc2cccnc12. The van der Waals surface area contributed by atoms with Gasteiger partial charge in [0.2, 0.25) is 0 Å². The molecule has 0 radical (unpaired) electrons. The lowest BCUT2D eigenvalue weighted by Crippen LogP contribution is -2.19. The quantitative estimate of drug-likeness (QED) is 0.671. The Labute approximate surface area is 138 Å². The lowest BCUT2D eigenvalue weighted by Gasteiger charge is -2.21. The lowest BCUT2D eigenvalue weighted by molar-refractivity contribution is 0.691. The zero-order valence-electron chi connectivity index (χ0n) is 12.1. The molecule has 0 saturated heterocycles. The standard InChI is InChI=1S/C18H17IN2/c1-12-6-3-9-14(16(12)19)18(20-2)15-10-4-7-13-8-5-11-21-17(13)15/h3-11,18,20H,1-2H3. The van der Waals surface area contributed by atoms with E-state index in [9.17, 15) is 0 Å². The van der Waals surface area contributed by atoms with Gasteiger partial charge in [-0.25, -0.2) is 0 Å². The highest BCUT2D eigenvalue weighted by Crippen LogP contribution is 2.31. The van der Waals surface area contributed by atoms with E-state index in [4.69, 9.17) is 0 Å². The smallest absolute Gasteiger partial charge is 0.0753 e. The molecule has 0 saturated carbocycles. The first-order valence-corrected chi connectivity index (χ1v) is 8.06. The molecule has 0 bridgehead atoms. The average molecular weight is 388 g/mol. The molecule has 0 aliphatic carbocycles. The van der Waals surface area contributed by atoms with Crippen LogP contribution >= 0.6 is 22.6 Å². The summed E-state index contributed by atoms with van der Waals surface area (Å²) in [5.74, 6) is 0. The van der Waals surface area contributed by atoms with Gasteiger partial charge in [-0.3, -0.25) is 4.98 Å². The lowest BCUT2D eigenvalue weighted by atomic mass is 9.95. The van der Waals surface area contributed by atoms with Crippen LogP contribution in [-0.4, -0.2) is 12.0 Å². The molecule has 2 nitrogen and oxygen atoms in total. The fraction of sp³-hybridized carbons (Fsp3) is 0.167.